The van der Waals surface area contributed by atoms with Crippen molar-refractivity contribution in [1.29, 1.82) is 0 Å². The fraction of sp³-hybridized carbons (Fsp3) is 0.143. The zero-order valence-corrected chi connectivity index (χ0v) is 17.7. The number of aromatic nitrogens is 4. The topological polar surface area (TPSA) is 93.1 Å². The lowest BCUT2D eigenvalue weighted by Gasteiger charge is -2.12. The number of ether oxygens (including phenoxy) is 1. The second-order valence-electron chi connectivity index (χ2n) is 6.81. The summed E-state index contributed by atoms with van der Waals surface area (Å²) in [6.07, 6.45) is 1.28. The number of benzene rings is 2. The van der Waals surface area contributed by atoms with E-state index in [-0.39, 0.29) is 24.8 Å². The smallest absolute Gasteiger partial charge is 0.416 e. The lowest BCUT2D eigenvalue weighted by atomic mass is 10.1. The van der Waals surface area contributed by atoms with Crippen LogP contribution in [-0.2, 0) is 9.53 Å². The van der Waals surface area contributed by atoms with Crippen LogP contribution >= 0.6 is 23.4 Å². The number of carbonyl (C=O) groups is 2. The van der Waals surface area contributed by atoms with Crippen LogP contribution in [0.25, 0.3) is 28.0 Å². The summed E-state index contributed by atoms with van der Waals surface area (Å²) in [6, 6.07) is 15.2. The minimum absolute atomic E-state index is 0.0364. The number of H-pyrrole nitrogens is 1. The summed E-state index contributed by atoms with van der Waals surface area (Å²) < 4.78 is 6.73. The molecule has 31 heavy (non-hydrogen) atoms. The molecule has 0 bridgehead atoms. The normalized spacial score (nSPS) is 13.7. The Balaban J connectivity index is 1.53. The number of hydrogen-bond acceptors (Lipinski definition) is 6. The van der Waals surface area contributed by atoms with Crippen molar-refractivity contribution in [3.05, 3.63) is 59.8 Å². The zero-order chi connectivity index (χ0) is 21.4. The van der Waals surface area contributed by atoms with Crippen LogP contribution in [-0.4, -0.2) is 55.6 Å². The molecule has 2 aromatic carbocycles. The molecule has 0 saturated carbocycles. The minimum Gasteiger partial charge on any atom is -0.447 e. The van der Waals surface area contributed by atoms with E-state index in [2.05, 4.69) is 15.2 Å². The van der Waals surface area contributed by atoms with Gasteiger partial charge in [-0.05, 0) is 30.3 Å². The first-order valence-electron chi connectivity index (χ1n) is 9.49. The monoisotopic (exact) mass is 453 g/mol. The van der Waals surface area contributed by atoms with Gasteiger partial charge in [0.2, 0.25) is 5.91 Å². The van der Waals surface area contributed by atoms with Crippen molar-refractivity contribution in [3.8, 4) is 17.1 Å². The maximum Gasteiger partial charge on any atom is 0.416 e. The molecule has 8 nitrogen and oxygen atoms in total. The molecule has 2 amide bonds. The maximum absolute atomic E-state index is 12.5. The molecule has 0 atom stereocenters. The van der Waals surface area contributed by atoms with Crippen LogP contribution in [0.2, 0.25) is 5.02 Å². The van der Waals surface area contributed by atoms with Crippen molar-refractivity contribution >= 4 is 46.3 Å². The van der Waals surface area contributed by atoms with Gasteiger partial charge in [-0.15, -0.1) is 10.2 Å². The largest absolute Gasteiger partial charge is 0.447 e. The Kier molecular flexibility index (Phi) is 5.13. The Bertz CT molecular complexity index is 1280. The molecule has 10 heteroatoms. The molecule has 156 valence electrons. The molecule has 0 unspecified atom stereocenters. The molecule has 0 radical (unpaired) electrons. The van der Waals surface area contributed by atoms with Crippen molar-refractivity contribution in [2.75, 3.05) is 18.9 Å². The van der Waals surface area contributed by atoms with Gasteiger partial charge in [-0.25, -0.2) is 9.69 Å². The van der Waals surface area contributed by atoms with E-state index in [1.54, 1.807) is 12.1 Å². The molecular weight excluding hydrogens is 438 g/mol. The highest BCUT2D eigenvalue weighted by molar-refractivity contribution is 7.99. The molecule has 3 heterocycles. The molecule has 4 aromatic rings. The molecule has 1 saturated heterocycles. The van der Waals surface area contributed by atoms with Crippen LogP contribution < -0.4 is 0 Å². The summed E-state index contributed by atoms with van der Waals surface area (Å²) in [5.41, 5.74) is 2.68. The standard InChI is InChI=1S/C21H16ClN5O3S/c22-13-5-7-14(8-6-13)27-19(16-11-23-17-4-2-1-3-15(16)17)24-25-20(27)31-12-18(28)26-9-10-30-21(26)29/h1-8,11,23H,9-10,12H2. The number of para-hydroxylation sites is 1. The number of nitrogens with zero attached hydrogens (tertiary/aromatic N) is 4. The van der Waals surface area contributed by atoms with Gasteiger partial charge in [-0.1, -0.05) is 41.6 Å². The van der Waals surface area contributed by atoms with Crippen LogP contribution in [0.15, 0.2) is 59.9 Å². The number of rotatable bonds is 5. The van der Waals surface area contributed by atoms with E-state index in [1.165, 1.54) is 11.8 Å². The van der Waals surface area contributed by atoms with E-state index in [0.717, 1.165) is 27.1 Å². The third-order valence-corrected chi connectivity index (χ3v) is 6.10. The van der Waals surface area contributed by atoms with Gasteiger partial charge in [0, 0.05) is 33.4 Å². The van der Waals surface area contributed by atoms with Crippen LogP contribution in [0, 0.1) is 0 Å². The summed E-state index contributed by atoms with van der Waals surface area (Å²) in [7, 11) is 0. The van der Waals surface area contributed by atoms with Crippen molar-refractivity contribution in [2.45, 2.75) is 5.16 Å². The molecule has 0 spiro atoms. The molecule has 1 N–H and O–H groups in total. The molecule has 1 aliphatic rings. The lowest BCUT2D eigenvalue weighted by molar-refractivity contribution is -0.125. The maximum atomic E-state index is 12.5. The quantitative estimate of drug-likeness (QED) is 0.456. The number of cyclic esters (lactones) is 1. The Morgan fingerprint density at radius 3 is 2.74 bits per heavy atom. The Hall–Kier alpha value is -3.30. The van der Waals surface area contributed by atoms with Gasteiger partial charge in [-0.3, -0.25) is 9.36 Å². The number of aromatic amines is 1. The highest BCUT2D eigenvalue weighted by Crippen LogP contribution is 2.32. The van der Waals surface area contributed by atoms with E-state index in [9.17, 15) is 9.59 Å². The summed E-state index contributed by atoms with van der Waals surface area (Å²) in [6.45, 7) is 0.490. The highest BCUT2D eigenvalue weighted by Gasteiger charge is 2.29. The SMILES string of the molecule is O=C(CSc1nnc(-c2c[nH]c3ccccc23)n1-c1ccc(Cl)cc1)N1CCOC1=O. The number of amides is 2. The third-order valence-electron chi connectivity index (χ3n) is 4.93. The Morgan fingerprint density at radius 1 is 1.16 bits per heavy atom. The first-order valence-corrected chi connectivity index (χ1v) is 10.9. The fourth-order valence-electron chi connectivity index (χ4n) is 3.44. The fourth-order valence-corrected chi connectivity index (χ4v) is 4.40. The molecule has 1 fully saturated rings. The van der Waals surface area contributed by atoms with Gasteiger partial charge in [0.1, 0.15) is 6.61 Å². The molecule has 2 aromatic heterocycles. The van der Waals surface area contributed by atoms with E-state index in [4.69, 9.17) is 16.3 Å². The van der Waals surface area contributed by atoms with Crippen LogP contribution in [0.1, 0.15) is 0 Å². The summed E-state index contributed by atoms with van der Waals surface area (Å²) in [5, 5.41) is 10.9. The predicted molar refractivity (Wildman–Crippen MR) is 117 cm³/mol. The van der Waals surface area contributed by atoms with E-state index in [0.29, 0.717) is 16.0 Å². The summed E-state index contributed by atoms with van der Waals surface area (Å²) in [5.74, 6) is 0.344. The van der Waals surface area contributed by atoms with Gasteiger partial charge >= 0.3 is 6.09 Å². The second kappa shape index (κ2) is 8.09. The zero-order valence-electron chi connectivity index (χ0n) is 16.1. The van der Waals surface area contributed by atoms with Gasteiger partial charge < -0.3 is 9.72 Å². The number of fused-ring (bicyclic) bond motifs is 1. The van der Waals surface area contributed by atoms with Gasteiger partial charge in [0.05, 0.1) is 12.3 Å². The number of carbonyl (C=O) groups excluding carboxylic acids is 2. The third kappa shape index (κ3) is 3.66. The van der Waals surface area contributed by atoms with Gasteiger partial charge in [-0.2, -0.15) is 0 Å². The number of nitrogens with one attached hydrogen (secondary N) is 1. The number of imide groups is 1. The molecule has 1 aliphatic heterocycles. The Morgan fingerprint density at radius 2 is 1.97 bits per heavy atom. The minimum atomic E-state index is -0.607. The number of thioether (sulfide) groups is 1. The summed E-state index contributed by atoms with van der Waals surface area (Å²) in [4.78, 5) is 28.5. The van der Waals surface area contributed by atoms with Crippen molar-refractivity contribution in [2.24, 2.45) is 0 Å². The van der Waals surface area contributed by atoms with E-state index in [1.807, 2.05) is 47.2 Å². The average Bonchev–Trinajstić information content (AvgIpc) is 3.50. The first kappa shape index (κ1) is 19.7. The average molecular weight is 454 g/mol. The van der Waals surface area contributed by atoms with Gasteiger partial charge in [0.25, 0.3) is 0 Å². The van der Waals surface area contributed by atoms with Crippen molar-refractivity contribution in [1.82, 2.24) is 24.6 Å². The predicted octanol–water partition coefficient (Wildman–Crippen LogP) is 4.14. The molecular formula is C21H16ClN5O3S. The van der Waals surface area contributed by atoms with Crippen LogP contribution in [0.3, 0.4) is 0 Å². The van der Waals surface area contributed by atoms with E-state index >= 15 is 0 Å². The van der Waals surface area contributed by atoms with E-state index < -0.39 is 6.09 Å². The number of halogens is 1. The molecule has 5 rings (SSSR count). The van der Waals surface area contributed by atoms with Crippen LogP contribution in [0.5, 0.6) is 0 Å². The first-order chi connectivity index (χ1) is 15.1. The Labute approximate surface area is 186 Å². The summed E-state index contributed by atoms with van der Waals surface area (Å²) >= 11 is 7.29. The lowest BCUT2D eigenvalue weighted by Crippen LogP contribution is -2.33. The van der Waals surface area contributed by atoms with Gasteiger partial charge in [0.15, 0.2) is 11.0 Å². The highest BCUT2D eigenvalue weighted by atomic mass is 35.5. The second-order valence-corrected chi connectivity index (χ2v) is 8.19. The molecule has 0 aliphatic carbocycles. The van der Waals surface area contributed by atoms with Crippen molar-refractivity contribution < 1.29 is 14.3 Å². The van der Waals surface area contributed by atoms with Crippen LogP contribution in [0.4, 0.5) is 4.79 Å². The van der Waals surface area contributed by atoms with Crippen molar-refractivity contribution in [3.63, 3.8) is 0 Å². The number of hydrogen-bond donors (Lipinski definition) is 1.